The Morgan fingerprint density at radius 2 is 1.81 bits per heavy atom. The lowest BCUT2D eigenvalue weighted by Crippen LogP contribution is -2.49. The fourth-order valence-corrected chi connectivity index (χ4v) is 2.67. The zero-order chi connectivity index (χ0) is 15.1. The zero-order valence-corrected chi connectivity index (χ0v) is 13.2. The number of rotatable bonds is 6. The Balaban J connectivity index is 1.72. The molecule has 0 aliphatic carbocycles. The topological polar surface area (TPSA) is 32.8 Å². The summed E-state index contributed by atoms with van der Waals surface area (Å²) in [6, 6.07) is 8.27. The van der Waals surface area contributed by atoms with E-state index in [1.807, 2.05) is 17.0 Å². The summed E-state index contributed by atoms with van der Waals surface area (Å²) in [5, 5.41) is 0. The van der Waals surface area contributed by atoms with Gasteiger partial charge >= 0.3 is 0 Å². The second kappa shape index (κ2) is 8.03. The Bertz CT molecular complexity index is 437. The van der Waals surface area contributed by atoms with E-state index in [1.165, 1.54) is 5.56 Å². The largest absolute Gasteiger partial charge is 0.497 e. The number of nitrogens with zero attached hydrogens (tertiary/aromatic N) is 2. The second-order valence-corrected chi connectivity index (χ2v) is 5.57. The summed E-state index contributed by atoms with van der Waals surface area (Å²) < 4.78 is 5.17. The van der Waals surface area contributed by atoms with Crippen LogP contribution in [-0.2, 0) is 11.2 Å². The normalized spacial score (nSPS) is 16.0. The Kier molecular flexibility index (Phi) is 6.05. The highest BCUT2D eigenvalue weighted by molar-refractivity contribution is 5.76. The van der Waals surface area contributed by atoms with Gasteiger partial charge in [-0.2, -0.15) is 0 Å². The first kappa shape index (κ1) is 15.8. The van der Waals surface area contributed by atoms with Gasteiger partial charge in [0.1, 0.15) is 5.75 Å². The highest BCUT2D eigenvalue weighted by Gasteiger charge is 2.19. The number of ether oxygens (including phenoxy) is 1. The first-order valence-corrected chi connectivity index (χ1v) is 7.86. The van der Waals surface area contributed by atoms with Crippen molar-refractivity contribution in [2.24, 2.45) is 0 Å². The van der Waals surface area contributed by atoms with Gasteiger partial charge in [-0.05, 0) is 30.5 Å². The van der Waals surface area contributed by atoms with E-state index < -0.39 is 0 Å². The average molecular weight is 290 g/mol. The molecule has 1 amide bonds. The molecule has 1 aromatic rings. The quantitative estimate of drug-likeness (QED) is 0.805. The molecule has 0 unspecified atom stereocenters. The molecule has 0 spiro atoms. The van der Waals surface area contributed by atoms with Gasteiger partial charge in [0.05, 0.1) is 7.11 Å². The molecule has 0 saturated carbocycles. The summed E-state index contributed by atoms with van der Waals surface area (Å²) in [6.07, 6.45) is 2.68. The predicted octanol–water partition coefficient (Wildman–Crippen LogP) is 2.18. The molecule has 1 saturated heterocycles. The maximum Gasteiger partial charge on any atom is 0.222 e. The third-order valence-corrected chi connectivity index (χ3v) is 4.06. The Hall–Kier alpha value is -1.55. The van der Waals surface area contributed by atoms with E-state index in [1.54, 1.807) is 7.11 Å². The van der Waals surface area contributed by atoms with Gasteiger partial charge in [0.25, 0.3) is 0 Å². The van der Waals surface area contributed by atoms with E-state index in [4.69, 9.17) is 4.74 Å². The summed E-state index contributed by atoms with van der Waals surface area (Å²) in [5.41, 5.74) is 1.33. The van der Waals surface area contributed by atoms with Crippen molar-refractivity contribution in [2.45, 2.75) is 26.2 Å². The highest BCUT2D eigenvalue weighted by Crippen LogP contribution is 2.12. The minimum atomic E-state index is 0.312. The van der Waals surface area contributed by atoms with Crippen molar-refractivity contribution in [3.8, 4) is 5.75 Å². The maximum atomic E-state index is 11.8. The van der Waals surface area contributed by atoms with Gasteiger partial charge in [0, 0.05) is 39.1 Å². The van der Waals surface area contributed by atoms with Crippen LogP contribution in [0.2, 0.25) is 0 Å². The first-order chi connectivity index (χ1) is 10.2. The van der Waals surface area contributed by atoms with Crippen molar-refractivity contribution < 1.29 is 9.53 Å². The SMILES string of the molecule is CCCC(=O)N1CCN(CCc2ccc(OC)cc2)CC1. The lowest BCUT2D eigenvalue weighted by atomic mass is 10.1. The predicted molar refractivity (Wildman–Crippen MR) is 84.6 cm³/mol. The number of carbonyl (C=O) groups excluding carboxylic acids is 1. The molecule has 0 radical (unpaired) electrons. The minimum absolute atomic E-state index is 0.312. The maximum absolute atomic E-state index is 11.8. The molecule has 1 aliphatic rings. The Morgan fingerprint density at radius 3 is 2.38 bits per heavy atom. The van der Waals surface area contributed by atoms with E-state index >= 15 is 0 Å². The van der Waals surface area contributed by atoms with Crippen LogP contribution in [0.15, 0.2) is 24.3 Å². The van der Waals surface area contributed by atoms with Crippen LogP contribution in [-0.4, -0.2) is 55.5 Å². The van der Waals surface area contributed by atoms with Gasteiger partial charge in [0.2, 0.25) is 5.91 Å². The van der Waals surface area contributed by atoms with Crippen molar-refractivity contribution in [1.29, 1.82) is 0 Å². The molecule has 1 fully saturated rings. The zero-order valence-electron chi connectivity index (χ0n) is 13.2. The summed E-state index contributed by atoms with van der Waals surface area (Å²) in [4.78, 5) is 16.3. The fourth-order valence-electron chi connectivity index (χ4n) is 2.67. The third kappa shape index (κ3) is 4.74. The number of amides is 1. The molecular formula is C17H26N2O2. The van der Waals surface area contributed by atoms with Crippen molar-refractivity contribution in [3.63, 3.8) is 0 Å². The first-order valence-electron chi connectivity index (χ1n) is 7.86. The summed E-state index contributed by atoms with van der Waals surface area (Å²) in [5.74, 6) is 1.22. The number of hydrogen-bond acceptors (Lipinski definition) is 3. The van der Waals surface area contributed by atoms with Crippen LogP contribution in [0.4, 0.5) is 0 Å². The lowest BCUT2D eigenvalue weighted by Gasteiger charge is -2.34. The van der Waals surface area contributed by atoms with Crippen LogP contribution in [0, 0.1) is 0 Å². The van der Waals surface area contributed by atoms with E-state index in [-0.39, 0.29) is 0 Å². The van der Waals surface area contributed by atoms with Crippen molar-refractivity contribution >= 4 is 5.91 Å². The molecule has 1 aliphatic heterocycles. The molecule has 0 atom stereocenters. The van der Waals surface area contributed by atoms with Crippen LogP contribution in [0.5, 0.6) is 5.75 Å². The molecule has 0 aromatic heterocycles. The molecule has 0 bridgehead atoms. The Morgan fingerprint density at radius 1 is 1.14 bits per heavy atom. The van der Waals surface area contributed by atoms with E-state index in [2.05, 4.69) is 24.0 Å². The molecule has 0 N–H and O–H groups in total. The van der Waals surface area contributed by atoms with Gasteiger partial charge in [-0.1, -0.05) is 19.1 Å². The van der Waals surface area contributed by atoms with Crippen LogP contribution < -0.4 is 4.74 Å². The minimum Gasteiger partial charge on any atom is -0.497 e. The summed E-state index contributed by atoms with van der Waals surface area (Å²) in [7, 11) is 1.69. The highest BCUT2D eigenvalue weighted by atomic mass is 16.5. The van der Waals surface area contributed by atoms with Crippen LogP contribution in [0.25, 0.3) is 0 Å². The fraction of sp³-hybridized carbons (Fsp3) is 0.588. The van der Waals surface area contributed by atoms with Gasteiger partial charge in [-0.25, -0.2) is 0 Å². The summed E-state index contributed by atoms with van der Waals surface area (Å²) in [6.45, 7) is 6.85. The Labute approximate surface area is 127 Å². The van der Waals surface area contributed by atoms with Crippen molar-refractivity contribution in [1.82, 2.24) is 9.80 Å². The number of benzene rings is 1. The van der Waals surface area contributed by atoms with E-state index in [0.717, 1.165) is 51.3 Å². The molecule has 1 aromatic carbocycles. The third-order valence-electron chi connectivity index (χ3n) is 4.06. The standard InChI is InChI=1S/C17H26N2O2/c1-3-4-17(20)19-13-11-18(12-14-19)10-9-15-5-7-16(21-2)8-6-15/h5-8H,3-4,9-14H2,1-2H3. The van der Waals surface area contributed by atoms with Gasteiger partial charge in [-0.15, -0.1) is 0 Å². The monoisotopic (exact) mass is 290 g/mol. The number of hydrogen-bond donors (Lipinski definition) is 0. The second-order valence-electron chi connectivity index (χ2n) is 5.57. The smallest absolute Gasteiger partial charge is 0.222 e. The number of carbonyl (C=O) groups is 1. The number of methoxy groups -OCH3 is 1. The molecule has 4 heteroatoms. The molecular weight excluding hydrogens is 264 g/mol. The molecule has 2 rings (SSSR count). The molecule has 4 nitrogen and oxygen atoms in total. The molecule has 1 heterocycles. The number of piperazine rings is 1. The summed E-state index contributed by atoms with van der Waals surface area (Å²) >= 11 is 0. The van der Waals surface area contributed by atoms with E-state index in [9.17, 15) is 4.79 Å². The van der Waals surface area contributed by atoms with Crippen LogP contribution >= 0.6 is 0 Å². The molecule has 21 heavy (non-hydrogen) atoms. The van der Waals surface area contributed by atoms with Crippen molar-refractivity contribution in [3.05, 3.63) is 29.8 Å². The van der Waals surface area contributed by atoms with Crippen LogP contribution in [0.1, 0.15) is 25.3 Å². The van der Waals surface area contributed by atoms with E-state index in [0.29, 0.717) is 12.3 Å². The molecule has 116 valence electrons. The van der Waals surface area contributed by atoms with Gasteiger partial charge in [-0.3, -0.25) is 9.69 Å². The van der Waals surface area contributed by atoms with Crippen LogP contribution in [0.3, 0.4) is 0 Å². The lowest BCUT2D eigenvalue weighted by molar-refractivity contribution is -0.132. The van der Waals surface area contributed by atoms with Gasteiger partial charge in [0.15, 0.2) is 0 Å². The van der Waals surface area contributed by atoms with Gasteiger partial charge < -0.3 is 9.64 Å². The average Bonchev–Trinajstić information content (AvgIpc) is 2.54. The van der Waals surface area contributed by atoms with Crippen molar-refractivity contribution in [2.75, 3.05) is 39.8 Å².